The van der Waals surface area contributed by atoms with Crippen molar-refractivity contribution in [3.63, 3.8) is 0 Å². The Morgan fingerprint density at radius 2 is 2.42 bits per heavy atom. The molecule has 0 aliphatic carbocycles. The highest BCUT2D eigenvalue weighted by atomic mass is 16.1. The maximum absolute atomic E-state index is 9.98. The molecular weight excluding hydrogens is 154 g/mol. The molecule has 0 spiro atoms. The minimum Gasteiger partial charge on any atom is -0.370 e. The Morgan fingerprint density at radius 1 is 1.83 bits per heavy atom. The van der Waals surface area contributed by atoms with Gasteiger partial charge in [-0.2, -0.15) is 5.26 Å². The molecule has 68 valence electrons. The van der Waals surface area contributed by atoms with E-state index >= 15 is 0 Å². The summed E-state index contributed by atoms with van der Waals surface area (Å²) in [6.07, 6.45) is 2.51. The zero-order valence-electron chi connectivity index (χ0n) is 7.34. The van der Waals surface area contributed by atoms with E-state index < -0.39 is 0 Å². The molecule has 1 atom stereocenters. The van der Waals surface area contributed by atoms with E-state index in [4.69, 9.17) is 11.0 Å². The van der Waals surface area contributed by atoms with Crippen LogP contribution in [0, 0.1) is 11.3 Å². The average Bonchev–Trinajstić information content (AvgIpc) is 2.84. The third-order valence-corrected chi connectivity index (χ3v) is 1.34. The Hall–Kier alpha value is -1.08. The number of carbonyl (C=O) groups is 1. The molecule has 0 aromatic carbocycles. The summed E-state index contributed by atoms with van der Waals surface area (Å²) in [5.41, 5.74) is 4.84. The van der Waals surface area contributed by atoms with Crippen molar-refractivity contribution in [3.8, 4) is 6.07 Å². The lowest BCUT2D eigenvalue weighted by molar-refractivity contribution is -0.118. The van der Waals surface area contributed by atoms with Gasteiger partial charge in [0.2, 0.25) is 5.91 Å². The molecule has 0 aromatic rings. The fraction of sp³-hybridized carbons (Fsp3) is 0.750. The second-order valence-corrected chi connectivity index (χ2v) is 2.66. The van der Waals surface area contributed by atoms with Crippen LogP contribution in [0.5, 0.6) is 0 Å². The minimum absolute atomic E-state index is 0.190. The van der Waals surface area contributed by atoms with Crippen LogP contribution >= 0.6 is 0 Å². The van der Waals surface area contributed by atoms with Gasteiger partial charge in [-0.25, -0.2) is 0 Å². The van der Waals surface area contributed by atoms with Gasteiger partial charge >= 0.3 is 0 Å². The Labute approximate surface area is 72.7 Å². The first-order valence-electron chi connectivity index (χ1n) is 4.12. The van der Waals surface area contributed by atoms with Gasteiger partial charge in [0.05, 0.1) is 6.07 Å². The summed E-state index contributed by atoms with van der Waals surface area (Å²) in [7, 11) is 0. The van der Waals surface area contributed by atoms with Crippen LogP contribution in [-0.2, 0) is 4.79 Å². The summed E-state index contributed by atoms with van der Waals surface area (Å²) in [5, 5.41) is 10.7. The first-order valence-corrected chi connectivity index (χ1v) is 4.12. The number of hydrogen-bond acceptors (Lipinski definition) is 3. The predicted octanol–water partition coefficient (Wildman–Crippen LogP) is 0.144. The molecule has 1 fully saturated rings. The zero-order valence-corrected chi connectivity index (χ0v) is 7.34. The van der Waals surface area contributed by atoms with E-state index in [1.807, 2.05) is 13.0 Å². The fourth-order valence-corrected chi connectivity index (χ4v) is 0.501. The molecule has 1 rings (SSSR count). The smallest absolute Gasteiger partial charge is 0.217 e. The molecule has 1 aliphatic heterocycles. The van der Waals surface area contributed by atoms with Gasteiger partial charge in [-0.3, -0.25) is 10.1 Å². The Balaban J connectivity index is 0.000000211. The third kappa shape index (κ3) is 8.92. The van der Waals surface area contributed by atoms with Gasteiger partial charge in [0.15, 0.2) is 0 Å². The van der Waals surface area contributed by atoms with E-state index in [-0.39, 0.29) is 11.9 Å². The van der Waals surface area contributed by atoms with E-state index in [0.29, 0.717) is 6.42 Å². The van der Waals surface area contributed by atoms with Crippen molar-refractivity contribution >= 4 is 5.91 Å². The minimum atomic E-state index is -0.193. The molecule has 12 heavy (non-hydrogen) atoms. The predicted molar refractivity (Wildman–Crippen MR) is 46.1 cm³/mol. The third-order valence-electron chi connectivity index (χ3n) is 1.34. The number of amides is 1. The summed E-state index contributed by atoms with van der Waals surface area (Å²) >= 11 is 0. The van der Waals surface area contributed by atoms with Crippen molar-refractivity contribution in [2.24, 2.45) is 5.73 Å². The summed E-state index contributed by atoms with van der Waals surface area (Å²) in [4.78, 5) is 9.98. The number of unbranched alkanes of at least 4 members (excludes halogenated alkanes) is 1. The fourth-order valence-electron chi connectivity index (χ4n) is 0.501. The number of nitrogens with one attached hydrogen (secondary N) is 1. The second kappa shape index (κ2) is 6.62. The van der Waals surface area contributed by atoms with Crippen molar-refractivity contribution in [2.45, 2.75) is 32.2 Å². The van der Waals surface area contributed by atoms with Crippen LogP contribution in [0.1, 0.15) is 26.2 Å². The summed E-state index contributed by atoms with van der Waals surface area (Å²) in [5.74, 6) is -0.193. The van der Waals surface area contributed by atoms with E-state index in [9.17, 15) is 4.79 Å². The lowest BCUT2D eigenvalue weighted by atomic mass is 10.2. The van der Waals surface area contributed by atoms with Crippen LogP contribution in [0.4, 0.5) is 0 Å². The lowest BCUT2D eigenvalue weighted by Crippen LogP contribution is -2.09. The van der Waals surface area contributed by atoms with Gasteiger partial charge in [-0.05, 0) is 6.42 Å². The maximum Gasteiger partial charge on any atom is 0.217 e. The molecule has 3 N–H and O–H groups in total. The monoisotopic (exact) mass is 169 g/mol. The number of nitriles is 1. The van der Waals surface area contributed by atoms with Crippen LogP contribution in [0.2, 0.25) is 0 Å². The second-order valence-electron chi connectivity index (χ2n) is 2.66. The summed E-state index contributed by atoms with van der Waals surface area (Å²) in [6, 6.07) is 2.22. The number of carbonyl (C=O) groups excluding carboxylic acids is 1. The van der Waals surface area contributed by atoms with E-state index in [1.165, 1.54) is 0 Å². The first kappa shape index (κ1) is 10.9. The molecular formula is C8H15N3O. The van der Waals surface area contributed by atoms with Gasteiger partial charge in [-0.15, -0.1) is 0 Å². The van der Waals surface area contributed by atoms with Gasteiger partial charge < -0.3 is 5.73 Å². The molecule has 1 unspecified atom stereocenters. The van der Waals surface area contributed by atoms with Gasteiger partial charge in [-0.1, -0.05) is 13.3 Å². The molecule has 0 radical (unpaired) electrons. The molecule has 4 nitrogen and oxygen atoms in total. The van der Waals surface area contributed by atoms with Crippen molar-refractivity contribution in [2.75, 3.05) is 6.54 Å². The van der Waals surface area contributed by atoms with Crippen molar-refractivity contribution in [1.29, 1.82) is 5.26 Å². The molecule has 1 saturated heterocycles. The van der Waals surface area contributed by atoms with Gasteiger partial charge in [0, 0.05) is 13.0 Å². The quantitative estimate of drug-likeness (QED) is 0.589. The Morgan fingerprint density at radius 3 is 2.50 bits per heavy atom. The van der Waals surface area contributed by atoms with E-state index in [1.54, 1.807) is 0 Å². The number of rotatable bonds is 3. The number of nitrogens with zero attached hydrogens (tertiary/aromatic N) is 1. The molecule has 4 heteroatoms. The van der Waals surface area contributed by atoms with Gasteiger partial charge in [0.1, 0.15) is 6.04 Å². The van der Waals surface area contributed by atoms with Crippen molar-refractivity contribution in [3.05, 3.63) is 0 Å². The van der Waals surface area contributed by atoms with Crippen LogP contribution in [0.3, 0.4) is 0 Å². The van der Waals surface area contributed by atoms with Crippen LogP contribution in [-0.4, -0.2) is 18.5 Å². The number of nitrogens with two attached hydrogens (primary N) is 1. The standard InChI is InChI=1S/C5H11NO.C3H4N2/c1-2-3-4-5(6)7;4-1-3-2-5-3/h2-4H2,1H3,(H2,6,7);3,5H,2H2. The SMILES string of the molecule is CCCCC(N)=O.N#CC1CN1. The van der Waals surface area contributed by atoms with Crippen molar-refractivity contribution in [1.82, 2.24) is 5.32 Å². The molecule has 0 saturated carbocycles. The largest absolute Gasteiger partial charge is 0.370 e. The number of primary amides is 1. The molecule has 0 bridgehead atoms. The van der Waals surface area contributed by atoms with Crippen molar-refractivity contribution < 1.29 is 4.79 Å². The number of hydrogen-bond donors (Lipinski definition) is 2. The maximum atomic E-state index is 9.98. The molecule has 1 amide bonds. The molecule has 1 aliphatic rings. The Kier molecular flexibility index (Phi) is 6.02. The molecule has 0 aromatic heterocycles. The highest BCUT2D eigenvalue weighted by Gasteiger charge is 2.17. The van der Waals surface area contributed by atoms with Crippen LogP contribution < -0.4 is 11.1 Å². The highest BCUT2D eigenvalue weighted by Crippen LogP contribution is 1.90. The van der Waals surface area contributed by atoms with E-state index in [0.717, 1.165) is 19.4 Å². The normalized spacial score (nSPS) is 18.5. The first-order chi connectivity index (χ1) is 5.70. The molecule has 1 heterocycles. The topological polar surface area (TPSA) is 88.8 Å². The average molecular weight is 169 g/mol. The Bertz CT molecular complexity index is 170. The summed E-state index contributed by atoms with van der Waals surface area (Å²) < 4.78 is 0. The summed E-state index contributed by atoms with van der Waals surface area (Å²) in [6.45, 7) is 2.93. The van der Waals surface area contributed by atoms with Crippen LogP contribution in [0.15, 0.2) is 0 Å². The lowest BCUT2D eigenvalue weighted by Gasteiger charge is -1.86. The van der Waals surface area contributed by atoms with E-state index in [2.05, 4.69) is 5.32 Å². The zero-order chi connectivity index (χ0) is 9.40. The van der Waals surface area contributed by atoms with Crippen LogP contribution in [0.25, 0.3) is 0 Å². The highest BCUT2D eigenvalue weighted by molar-refractivity contribution is 5.73. The van der Waals surface area contributed by atoms with Gasteiger partial charge in [0.25, 0.3) is 0 Å².